The number of rotatable bonds is 3. The Kier molecular flexibility index (Phi) is 3.89. The zero-order valence-corrected chi connectivity index (χ0v) is 13.5. The van der Waals surface area contributed by atoms with Crippen molar-refractivity contribution in [2.45, 2.75) is 40.2 Å². The lowest BCUT2D eigenvalue weighted by Crippen LogP contribution is -2.32. The second kappa shape index (κ2) is 5.71. The molecule has 0 radical (unpaired) electrons. The van der Waals surface area contributed by atoms with E-state index in [1.165, 1.54) is 0 Å². The minimum Gasteiger partial charge on any atom is -0.340 e. The quantitative estimate of drug-likeness (QED) is 0.635. The summed E-state index contributed by atoms with van der Waals surface area (Å²) in [7, 11) is 0. The van der Waals surface area contributed by atoms with Crippen molar-refractivity contribution in [3.05, 3.63) is 29.1 Å². The number of nitrogens with zero attached hydrogens (tertiary/aromatic N) is 3. The fraction of sp³-hybridized carbons (Fsp3) is 0.588. The second-order valence-electron chi connectivity index (χ2n) is 6.52. The molecule has 1 amide bonds. The van der Waals surface area contributed by atoms with Crippen LogP contribution in [-0.2, 0) is 11.3 Å². The van der Waals surface area contributed by atoms with Gasteiger partial charge in [-0.3, -0.25) is 14.3 Å². The number of amides is 1. The summed E-state index contributed by atoms with van der Waals surface area (Å²) in [6, 6.07) is 0. The summed E-state index contributed by atoms with van der Waals surface area (Å²) in [6.07, 6.45) is 6.64. The molecule has 22 heavy (non-hydrogen) atoms. The number of aromatic nitrogens is 2. The molecule has 1 aliphatic carbocycles. The second-order valence-corrected chi connectivity index (χ2v) is 6.52. The monoisotopic (exact) mass is 301 g/mol. The number of carbonyl (C=O) groups is 2. The largest absolute Gasteiger partial charge is 0.340 e. The highest BCUT2D eigenvalue weighted by Crippen LogP contribution is 2.32. The van der Waals surface area contributed by atoms with Crippen molar-refractivity contribution < 1.29 is 9.59 Å². The zero-order valence-electron chi connectivity index (χ0n) is 13.5. The Hall–Kier alpha value is -1.91. The van der Waals surface area contributed by atoms with Crippen LogP contribution in [0.5, 0.6) is 0 Å². The van der Waals surface area contributed by atoms with Crippen LogP contribution in [0.4, 0.5) is 0 Å². The Morgan fingerprint density at radius 3 is 2.27 bits per heavy atom. The number of Topliss-reactive ketones (excluding diaryl/α,β-unsaturated/α-hetero) is 1. The van der Waals surface area contributed by atoms with Gasteiger partial charge in [-0.2, -0.15) is 5.10 Å². The maximum absolute atomic E-state index is 12.6. The average molecular weight is 301 g/mol. The molecule has 0 aromatic carbocycles. The van der Waals surface area contributed by atoms with E-state index in [4.69, 9.17) is 0 Å². The van der Waals surface area contributed by atoms with Crippen molar-refractivity contribution in [3.63, 3.8) is 0 Å². The van der Waals surface area contributed by atoms with Crippen LogP contribution in [0, 0.1) is 25.7 Å². The van der Waals surface area contributed by atoms with Crippen LogP contribution >= 0.6 is 0 Å². The molecule has 5 heteroatoms. The van der Waals surface area contributed by atoms with Crippen LogP contribution in [0.3, 0.4) is 0 Å². The van der Waals surface area contributed by atoms with Crippen molar-refractivity contribution in [2.75, 3.05) is 13.1 Å². The summed E-state index contributed by atoms with van der Waals surface area (Å²) in [5, 5.41) is 4.37. The smallest absolute Gasteiger partial charge is 0.244 e. The highest BCUT2D eigenvalue weighted by molar-refractivity contribution is 5.96. The van der Waals surface area contributed by atoms with E-state index in [1.807, 2.05) is 18.7 Å². The Morgan fingerprint density at radius 1 is 1.18 bits per heavy atom. The van der Waals surface area contributed by atoms with Gasteiger partial charge in [0.25, 0.3) is 0 Å². The summed E-state index contributed by atoms with van der Waals surface area (Å²) in [6.45, 7) is 7.16. The highest BCUT2D eigenvalue weighted by atomic mass is 16.2. The Labute approximate surface area is 131 Å². The van der Waals surface area contributed by atoms with Gasteiger partial charge in [0.1, 0.15) is 6.54 Å². The van der Waals surface area contributed by atoms with Gasteiger partial charge < -0.3 is 4.90 Å². The van der Waals surface area contributed by atoms with E-state index in [0.717, 1.165) is 31.6 Å². The van der Waals surface area contributed by atoms with Crippen LogP contribution in [0.15, 0.2) is 12.2 Å². The van der Waals surface area contributed by atoms with Crippen molar-refractivity contribution in [3.8, 4) is 0 Å². The maximum Gasteiger partial charge on any atom is 0.244 e. The summed E-state index contributed by atoms with van der Waals surface area (Å²) in [5.74, 6) is 1.34. The molecule has 1 aromatic heterocycles. The SMILES string of the molecule is CC(=O)c1c(C)nn(CC(=O)N2C[C@H]3CC=CC[C@H]3C2)c1C. The molecule has 0 unspecified atom stereocenters. The van der Waals surface area contributed by atoms with Gasteiger partial charge in [0.15, 0.2) is 5.78 Å². The van der Waals surface area contributed by atoms with Gasteiger partial charge in [-0.15, -0.1) is 0 Å². The van der Waals surface area contributed by atoms with Gasteiger partial charge in [0.05, 0.1) is 11.3 Å². The molecule has 3 rings (SSSR count). The highest BCUT2D eigenvalue weighted by Gasteiger charge is 2.35. The summed E-state index contributed by atoms with van der Waals surface area (Å²) in [4.78, 5) is 26.2. The van der Waals surface area contributed by atoms with E-state index in [0.29, 0.717) is 23.1 Å². The molecule has 1 aromatic rings. The molecule has 118 valence electrons. The molecule has 2 aliphatic rings. The van der Waals surface area contributed by atoms with Crippen LogP contribution in [0.25, 0.3) is 0 Å². The zero-order chi connectivity index (χ0) is 15.9. The third kappa shape index (κ3) is 2.60. The van der Waals surface area contributed by atoms with Crippen molar-refractivity contribution >= 4 is 11.7 Å². The number of aryl methyl sites for hydroxylation is 1. The van der Waals surface area contributed by atoms with Crippen LogP contribution in [0.2, 0.25) is 0 Å². The summed E-state index contributed by atoms with van der Waals surface area (Å²) in [5.41, 5.74) is 2.14. The Bertz CT molecular complexity index is 629. The Balaban J connectivity index is 1.70. The normalized spacial score (nSPS) is 23.7. The fourth-order valence-electron chi connectivity index (χ4n) is 3.81. The molecule has 2 atom stereocenters. The number of carbonyl (C=O) groups excluding carboxylic acids is 2. The molecule has 1 fully saturated rings. The maximum atomic E-state index is 12.6. The van der Waals surface area contributed by atoms with Gasteiger partial charge >= 0.3 is 0 Å². The standard InChI is InChI=1S/C17H23N3O2/c1-11-17(13(3)21)12(2)20(18-11)10-16(22)19-8-14-6-4-5-7-15(14)9-19/h4-5,14-15H,6-10H2,1-3H3/t14-,15+. The summed E-state index contributed by atoms with van der Waals surface area (Å²) < 4.78 is 1.68. The van der Waals surface area contributed by atoms with Crippen LogP contribution in [-0.4, -0.2) is 39.5 Å². The third-order valence-corrected chi connectivity index (χ3v) is 4.99. The molecule has 1 aliphatic heterocycles. The molecular weight excluding hydrogens is 278 g/mol. The molecule has 0 bridgehead atoms. The number of allylic oxidation sites excluding steroid dienone is 2. The number of hydrogen-bond donors (Lipinski definition) is 0. The average Bonchev–Trinajstić information content (AvgIpc) is 3.00. The summed E-state index contributed by atoms with van der Waals surface area (Å²) >= 11 is 0. The number of hydrogen-bond acceptors (Lipinski definition) is 3. The first kappa shape index (κ1) is 15.0. The number of likely N-dealkylation sites (tertiary alicyclic amines) is 1. The first-order valence-corrected chi connectivity index (χ1v) is 7.95. The molecule has 2 heterocycles. The molecule has 0 N–H and O–H groups in total. The van der Waals surface area contributed by atoms with Gasteiger partial charge in [-0.05, 0) is 45.4 Å². The van der Waals surface area contributed by atoms with Gasteiger partial charge in [-0.1, -0.05) is 12.2 Å². The predicted octanol–water partition coefficient (Wildman–Crippen LogP) is 2.13. The number of ketones is 1. The van der Waals surface area contributed by atoms with Crippen molar-refractivity contribution in [2.24, 2.45) is 11.8 Å². The van der Waals surface area contributed by atoms with E-state index in [1.54, 1.807) is 11.6 Å². The molecule has 1 saturated heterocycles. The van der Waals surface area contributed by atoms with Crippen LogP contribution in [0.1, 0.15) is 41.5 Å². The number of fused-ring (bicyclic) bond motifs is 1. The third-order valence-electron chi connectivity index (χ3n) is 4.99. The molecular formula is C17H23N3O2. The topological polar surface area (TPSA) is 55.2 Å². The van der Waals surface area contributed by atoms with E-state index in [2.05, 4.69) is 17.3 Å². The van der Waals surface area contributed by atoms with Crippen molar-refractivity contribution in [1.82, 2.24) is 14.7 Å². The van der Waals surface area contributed by atoms with Gasteiger partial charge in [0, 0.05) is 18.8 Å². The van der Waals surface area contributed by atoms with Gasteiger partial charge in [-0.25, -0.2) is 0 Å². The van der Waals surface area contributed by atoms with Crippen molar-refractivity contribution in [1.29, 1.82) is 0 Å². The lowest BCUT2D eigenvalue weighted by atomic mass is 9.86. The molecule has 5 nitrogen and oxygen atoms in total. The minimum absolute atomic E-state index is 0.00645. The Morgan fingerprint density at radius 2 is 1.77 bits per heavy atom. The van der Waals surface area contributed by atoms with E-state index in [-0.39, 0.29) is 18.2 Å². The lowest BCUT2D eigenvalue weighted by Gasteiger charge is -2.17. The minimum atomic E-state index is 0.00645. The van der Waals surface area contributed by atoms with E-state index in [9.17, 15) is 9.59 Å². The molecule has 0 spiro atoms. The first-order chi connectivity index (χ1) is 10.5. The lowest BCUT2D eigenvalue weighted by molar-refractivity contribution is -0.131. The predicted molar refractivity (Wildman–Crippen MR) is 83.6 cm³/mol. The fourth-order valence-corrected chi connectivity index (χ4v) is 3.81. The van der Waals surface area contributed by atoms with Crippen LogP contribution < -0.4 is 0 Å². The van der Waals surface area contributed by atoms with E-state index < -0.39 is 0 Å². The first-order valence-electron chi connectivity index (χ1n) is 7.95. The van der Waals surface area contributed by atoms with Gasteiger partial charge in [0.2, 0.25) is 5.91 Å². The molecule has 0 saturated carbocycles. The van der Waals surface area contributed by atoms with E-state index >= 15 is 0 Å².